The van der Waals surface area contributed by atoms with Crippen LogP contribution in [0, 0.1) is 13.8 Å². The van der Waals surface area contributed by atoms with Gasteiger partial charge in [-0.2, -0.15) is 0 Å². The molecule has 1 aromatic carbocycles. The zero-order valence-corrected chi connectivity index (χ0v) is 13.5. The first kappa shape index (κ1) is 16.5. The fourth-order valence-electron chi connectivity index (χ4n) is 2.70. The summed E-state index contributed by atoms with van der Waals surface area (Å²) < 4.78 is 5.30. The summed E-state index contributed by atoms with van der Waals surface area (Å²) in [7, 11) is 0. The first-order valence-corrected chi connectivity index (χ1v) is 7.63. The van der Waals surface area contributed by atoms with Gasteiger partial charge in [0.15, 0.2) is 0 Å². The third-order valence-electron chi connectivity index (χ3n) is 3.93. The highest BCUT2D eigenvalue weighted by molar-refractivity contribution is 5.96. The number of aryl methyl sites for hydroxylation is 2. The van der Waals surface area contributed by atoms with Crippen LogP contribution in [-0.4, -0.2) is 37.1 Å². The second-order valence-corrected chi connectivity index (χ2v) is 6.28. The second kappa shape index (κ2) is 6.92. The number of carbonyl (C=O) groups is 2. The molecule has 5 nitrogen and oxygen atoms in total. The van der Waals surface area contributed by atoms with E-state index in [2.05, 4.69) is 10.6 Å². The molecule has 0 aliphatic carbocycles. The third kappa shape index (κ3) is 4.56. The quantitative estimate of drug-likeness (QED) is 0.890. The van der Waals surface area contributed by atoms with Gasteiger partial charge in [0.1, 0.15) is 0 Å². The minimum absolute atomic E-state index is 0.0116. The minimum Gasteiger partial charge on any atom is -0.381 e. The molecule has 0 aromatic heterocycles. The lowest BCUT2D eigenvalue weighted by molar-refractivity contribution is -0.123. The Hall–Kier alpha value is -1.88. The molecule has 0 unspecified atom stereocenters. The standard InChI is InChI=1S/C17H24N2O3/c1-12-8-13(2)10-14(9-12)16(21)18-11-15(20)19-17(3)4-6-22-7-5-17/h8-10H,4-7,11H2,1-3H3,(H,18,21)(H,19,20). The molecule has 22 heavy (non-hydrogen) atoms. The molecule has 0 bridgehead atoms. The molecule has 1 aliphatic heterocycles. The van der Waals surface area contributed by atoms with Crippen LogP contribution in [0.4, 0.5) is 0 Å². The Morgan fingerprint density at radius 1 is 1.14 bits per heavy atom. The number of nitrogens with one attached hydrogen (secondary N) is 2. The summed E-state index contributed by atoms with van der Waals surface area (Å²) in [6, 6.07) is 5.65. The molecule has 0 atom stereocenters. The van der Waals surface area contributed by atoms with E-state index in [1.54, 1.807) is 0 Å². The van der Waals surface area contributed by atoms with E-state index >= 15 is 0 Å². The fraction of sp³-hybridized carbons (Fsp3) is 0.529. The van der Waals surface area contributed by atoms with Crippen LogP contribution in [-0.2, 0) is 9.53 Å². The normalized spacial score (nSPS) is 16.9. The predicted molar refractivity (Wildman–Crippen MR) is 84.8 cm³/mol. The van der Waals surface area contributed by atoms with Gasteiger partial charge >= 0.3 is 0 Å². The lowest BCUT2D eigenvalue weighted by Crippen LogP contribution is -2.52. The predicted octanol–water partition coefficient (Wildman–Crippen LogP) is 1.72. The molecule has 0 radical (unpaired) electrons. The van der Waals surface area contributed by atoms with Crippen LogP contribution in [0.15, 0.2) is 18.2 Å². The van der Waals surface area contributed by atoms with E-state index in [1.807, 2.05) is 39.0 Å². The molecule has 2 rings (SSSR count). The lowest BCUT2D eigenvalue weighted by atomic mass is 9.92. The maximum atomic E-state index is 12.1. The first-order valence-electron chi connectivity index (χ1n) is 7.63. The third-order valence-corrected chi connectivity index (χ3v) is 3.93. The van der Waals surface area contributed by atoms with E-state index < -0.39 is 0 Å². The Kier molecular flexibility index (Phi) is 5.19. The molecule has 120 valence electrons. The van der Waals surface area contributed by atoms with Crippen LogP contribution in [0.25, 0.3) is 0 Å². The molecule has 1 aliphatic rings. The van der Waals surface area contributed by atoms with Crippen molar-refractivity contribution in [3.05, 3.63) is 34.9 Å². The summed E-state index contributed by atoms with van der Waals surface area (Å²) in [6.07, 6.45) is 1.59. The van der Waals surface area contributed by atoms with Gasteiger partial charge in [0.05, 0.1) is 6.54 Å². The van der Waals surface area contributed by atoms with Crippen molar-refractivity contribution < 1.29 is 14.3 Å². The zero-order chi connectivity index (χ0) is 16.2. The lowest BCUT2D eigenvalue weighted by Gasteiger charge is -2.34. The Morgan fingerprint density at radius 2 is 1.73 bits per heavy atom. The van der Waals surface area contributed by atoms with Gasteiger partial charge in [0, 0.05) is 24.3 Å². The van der Waals surface area contributed by atoms with Gasteiger partial charge < -0.3 is 15.4 Å². The molecule has 1 aromatic rings. The van der Waals surface area contributed by atoms with E-state index in [4.69, 9.17) is 4.74 Å². The number of benzene rings is 1. The summed E-state index contributed by atoms with van der Waals surface area (Å²) >= 11 is 0. The van der Waals surface area contributed by atoms with Crippen LogP contribution in [0.5, 0.6) is 0 Å². The minimum atomic E-state index is -0.236. The monoisotopic (exact) mass is 304 g/mol. The molecule has 0 saturated carbocycles. The largest absolute Gasteiger partial charge is 0.381 e. The summed E-state index contributed by atoms with van der Waals surface area (Å²) in [6.45, 7) is 7.21. The van der Waals surface area contributed by atoms with Crippen LogP contribution in [0.2, 0.25) is 0 Å². The molecule has 2 N–H and O–H groups in total. The van der Waals surface area contributed by atoms with Crippen molar-refractivity contribution in [2.45, 2.75) is 39.2 Å². The summed E-state index contributed by atoms with van der Waals surface area (Å²) in [5.74, 6) is -0.388. The van der Waals surface area contributed by atoms with Crippen molar-refractivity contribution in [3.63, 3.8) is 0 Å². The van der Waals surface area contributed by atoms with Crippen molar-refractivity contribution in [1.82, 2.24) is 10.6 Å². The van der Waals surface area contributed by atoms with Crippen molar-refractivity contribution in [1.29, 1.82) is 0 Å². The smallest absolute Gasteiger partial charge is 0.251 e. The number of rotatable bonds is 4. The highest BCUT2D eigenvalue weighted by atomic mass is 16.5. The molecule has 1 heterocycles. The number of hydrogen-bond donors (Lipinski definition) is 2. The van der Waals surface area contributed by atoms with E-state index in [0.717, 1.165) is 24.0 Å². The fourth-order valence-corrected chi connectivity index (χ4v) is 2.70. The maximum Gasteiger partial charge on any atom is 0.251 e. The average molecular weight is 304 g/mol. The van der Waals surface area contributed by atoms with E-state index in [1.165, 1.54) is 0 Å². The number of amides is 2. The molecular weight excluding hydrogens is 280 g/mol. The summed E-state index contributed by atoms with van der Waals surface area (Å²) in [5.41, 5.74) is 2.41. The van der Waals surface area contributed by atoms with Crippen LogP contribution >= 0.6 is 0 Å². The SMILES string of the molecule is Cc1cc(C)cc(C(=O)NCC(=O)NC2(C)CCOCC2)c1. The molecule has 2 amide bonds. The number of carbonyl (C=O) groups excluding carboxylic acids is 2. The topological polar surface area (TPSA) is 67.4 Å². The highest BCUT2D eigenvalue weighted by Crippen LogP contribution is 2.19. The van der Waals surface area contributed by atoms with E-state index in [0.29, 0.717) is 18.8 Å². The van der Waals surface area contributed by atoms with Crippen LogP contribution < -0.4 is 10.6 Å². The number of ether oxygens (including phenoxy) is 1. The molecular formula is C17H24N2O3. The van der Waals surface area contributed by atoms with Gasteiger partial charge in [-0.1, -0.05) is 17.2 Å². The summed E-state index contributed by atoms with van der Waals surface area (Å²) in [5, 5.41) is 5.67. The van der Waals surface area contributed by atoms with Crippen molar-refractivity contribution in [3.8, 4) is 0 Å². The van der Waals surface area contributed by atoms with Gasteiger partial charge in [-0.25, -0.2) is 0 Å². The zero-order valence-electron chi connectivity index (χ0n) is 13.5. The second-order valence-electron chi connectivity index (χ2n) is 6.28. The Morgan fingerprint density at radius 3 is 2.32 bits per heavy atom. The van der Waals surface area contributed by atoms with Gasteiger partial charge in [-0.3, -0.25) is 9.59 Å². The molecule has 1 saturated heterocycles. The summed E-state index contributed by atoms with van der Waals surface area (Å²) in [4.78, 5) is 24.1. The number of hydrogen-bond acceptors (Lipinski definition) is 3. The molecule has 0 spiro atoms. The Labute approximate surface area is 131 Å². The highest BCUT2D eigenvalue weighted by Gasteiger charge is 2.28. The van der Waals surface area contributed by atoms with Crippen molar-refractivity contribution >= 4 is 11.8 Å². The first-order chi connectivity index (χ1) is 10.4. The Balaban J connectivity index is 1.86. The molecule has 1 fully saturated rings. The Bertz CT molecular complexity index is 543. The van der Waals surface area contributed by atoms with Crippen LogP contribution in [0.3, 0.4) is 0 Å². The maximum absolute atomic E-state index is 12.1. The van der Waals surface area contributed by atoms with Gasteiger partial charge in [0.2, 0.25) is 5.91 Å². The van der Waals surface area contributed by atoms with Gasteiger partial charge in [-0.15, -0.1) is 0 Å². The van der Waals surface area contributed by atoms with Crippen LogP contribution in [0.1, 0.15) is 41.3 Å². The van der Waals surface area contributed by atoms with E-state index in [-0.39, 0.29) is 23.9 Å². The van der Waals surface area contributed by atoms with Crippen molar-refractivity contribution in [2.75, 3.05) is 19.8 Å². The van der Waals surface area contributed by atoms with Crippen molar-refractivity contribution in [2.24, 2.45) is 0 Å². The average Bonchev–Trinajstić information content (AvgIpc) is 2.44. The van der Waals surface area contributed by atoms with Gasteiger partial charge in [-0.05, 0) is 45.7 Å². The van der Waals surface area contributed by atoms with Gasteiger partial charge in [0.25, 0.3) is 5.91 Å². The van der Waals surface area contributed by atoms with E-state index in [9.17, 15) is 9.59 Å². The molecule has 5 heteroatoms.